The van der Waals surface area contributed by atoms with Gasteiger partial charge in [-0.15, -0.1) is 13.2 Å². The molecule has 1 aliphatic heterocycles. The van der Waals surface area contributed by atoms with Crippen LogP contribution in [0.1, 0.15) is 49.1 Å². The summed E-state index contributed by atoms with van der Waals surface area (Å²) in [6.07, 6.45) is 0.0233. The fraction of sp³-hybridized carbons (Fsp3) is 0.462. The molecule has 9 heteroatoms. The topological polar surface area (TPSA) is 76.1 Å². The number of likely N-dealkylation sites (N-methyl/N-ethyl adjacent to an activating group) is 1. The van der Waals surface area contributed by atoms with Crippen LogP contribution in [0.2, 0.25) is 0 Å². The Morgan fingerprint density at radius 3 is 2.40 bits per heavy atom. The van der Waals surface area contributed by atoms with Gasteiger partial charge >= 0.3 is 12.5 Å². The highest BCUT2D eigenvalue weighted by Crippen LogP contribution is 2.39. The number of carbonyl (C=O) groups is 2. The smallest absolute Gasteiger partial charge is 0.447 e. The molecule has 1 saturated heterocycles. The number of ether oxygens (including phenoxy) is 2. The van der Waals surface area contributed by atoms with Crippen LogP contribution in [0.3, 0.4) is 0 Å². The summed E-state index contributed by atoms with van der Waals surface area (Å²) in [6.45, 7) is 0.504. The van der Waals surface area contributed by atoms with Gasteiger partial charge in [-0.25, -0.2) is 4.79 Å². The Labute approximate surface area is 202 Å². The number of benzene rings is 2. The van der Waals surface area contributed by atoms with E-state index in [1.54, 1.807) is 11.9 Å². The van der Waals surface area contributed by atoms with Crippen molar-refractivity contribution in [3.63, 3.8) is 0 Å². The molecule has 0 radical (unpaired) electrons. The van der Waals surface area contributed by atoms with Crippen molar-refractivity contribution >= 4 is 12.4 Å². The molecule has 2 aromatic carbocycles. The number of hydrogen-bond donors (Lipinski definition) is 1. The number of nitrogens with zero attached hydrogens (tertiary/aromatic N) is 1. The zero-order valence-corrected chi connectivity index (χ0v) is 19.5. The van der Waals surface area contributed by atoms with Crippen LogP contribution in [0.25, 0.3) is 0 Å². The van der Waals surface area contributed by atoms with E-state index in [1.165, 1.54) is 29.8 Å². The minimum absolute atomic E-state index is 0.185. The molecule has 190 valence electrons. The fourth-order valence-electron chi connectivity index (χ4n) is 4.51. The molecule has 1 saturated carbocycles. The van der Waals surface area contributed by atoms with E-state index in [2.05, 4.69) is 16.9 Å². The lowest BCUT2D eigenvalue weighted by molar-refractivity contribution is -0.274. The van der Waals surface area contributed by atoms with Gasteiger partial charge in [0.05, 0.1) is 17.6 Å². The Bertz CT molecular complexity index is 976. The minimum Gasteiger partial charge on any atom is -0.447 e. The lowest BCUT2D eigenvalue weighted by Gasteiger charge is -2.36. The molecule has 2 fully saturated rings. The maximum absolute atomic E-state index is 12.2. The third kappa shape index (κ3) is 7.45. The Morgan fingerprint density at radius 2 is 1.83 bits per heavy atom. The van der Waals surface area contributed by atoms with E-state index < -0.39 is 17.9 Å². The number of cyclic esters (lactones) is 1. The number of carbonyl (C=O) groups excluding carboxylic acids is 2. The van der Waals surface area contributed by atoms with Crippen LogP contribution in [0, 0.1) is 0 Å². The molecule has 1 aliphatic carbocycles. The number of halogens is 3. The average Bonchev–Trinajstić information content (AvgIpc) is 3.12. The third-order valence-electron chi connectivity index (χ3n) is 6.43. The number of aldehydes is 1. The summed E-state index contributed by atoms with van der Waals surface area (Å²) < 4.78 is 45.5. The molecule has 1 amide bonds. The second kappa shape index (κ2) is 11.6. The molecule has 0 spiro atoms. The van der Waals surface area contributed by atoms with Gasteiger partial charge in [-0.05, 0) is 42.5 Å². The Balaban J connectivity index is 0.000000211. The van der Waals surface area contributed by atoms with Gasteiger partial charge in [-0.2, -0.15) is 0 Å². The molecule has 2 aliphatic rings. The molecule has 35 heavy (non-hydrogen) atoms. The molecule has 2 atom stereocenters. The van der Waals surface area contributed by atoms with Crippen molar-refractivity contribution < 1.29 is 37.3 Å². The number of aliphatic hydroxyl groups is 1. The van der Waals surface area contributed by atoms with Crippen molar-refractivity contribution in [1.29, 1.82) is 0 Å². The summed E-state index contributed by atoms with van der Waals surface area (Å²) in [5, 5.41) is 10.6. The molecule has 0 bridgehead atoms. The van der Waals surface area contributed by atoms with Crippen LogP contribution >= 0.6 is 0 Å². The number of alkyl halides is 3. The first-order valence-corrected chi connectivity index (χ1v) is 11.6. The maximum Gasteiger partial charge on any atom is 0.573 e. The molecule has 1 N–H and O–H groups in total. The van der Waals surface area contributed by atoms with Gasteiger partial charge in [0.25, 0.3) is 0 Å². The second-order valence-electron chi connectivity index (χ2n) is 8.93. The zero-order valence-electron chi connectivity index (χ0n) is 19.5. The van der Waals surface area contributed by atoms with Crippen molar-refractivity contribution in [3.05, 3.63) is 65.7 Å². The zero-order chi connectivity index (χ0) is 25.5. The normalized spacial score (nSPS) is 20.3. The van der Waals surface area contributed by atoms with Crippen molar-refractivity contribution in [2.75, 3.05) is 13.7 Å². The van der Waals surface area contributed by atoms with Crippen LogP contribution < -0.4 is 4.74 Å². The van der Waals surface area contributed by atoms with Crippen molar-refractivity contribution in [1.82, 2.24) is 4.90 Å². The van der Waals surface area contributed by atoms with Crippen LogP contribution in [0.15, 0.2) is 54.6 Å². The molecular formula is C26H30F3NO5. The lowest BCUT2D eigenvalue weighted by Crippen LogP contribution is -2.39. The van der Waals surface area contributed by atoms with E-state index in [-0.39, 0.29) is 17.9 Å². The molecule has 4 rings (SSSR count). The number of amides is 1. The minimum atomic E-state index is -4.78. The number of rotatable bonds is 6. The molecule has 1 heterocycles. The van der Waals surface area contributed by atoms with Crippen LogP contribution in [-0.4, -0.2) is 54.0 Å². The molecule has 2 aromatic rings. The van der Waals surface area contributed by atoms with E-state index in [4.69, 9.17) is 4.74 Å². The first-order chi connectivity index (χ1) is 16.6. The van der Waals surface area contributed by atoms with Crippen molar-refractivity contribution in [3.8, 4) is 5.75 Å². The Morgan fingerprint density at radius 1 is 1.14 bits per heavy atom. The predicted octanol–water partition coefficient (Wildman–Crippen LogP) is 5.24. The van der Waals surface area contributed by atoms with E-state index in [0.717, 1.165) is 25.7 Å². The van der Waals surface area contributed by atoms with E-state index in [1.807, 2.05) is 18.2 Å². The highest BCUT2D eigenvalue weighted by molar-refractivity contribution is 5.69. The summed E-state index contributed by atoms with van der Waals surface area (Å²) in [5.41, 5.74) is 0.399. The van der Waals surface area contributed by atoms with Crippen LogP contribution in [0.5, 0.6) is 5.75 Å². The molecular weight excluding hydrogens is 463 g/mol. The Kier molecular flexibility index (Phi) is 8.77. The van der Waals surface area contributed by atoms with Crippen molar-refractivity contribution in [2.24, 2.45) is 0 Å². The Hall–Kier alpha value is -3.07. The first kappa shape index (κ1) is 26.5. The summed E-state index contributed by atoms with van der Waals surface area (Å²) >= 11 is 0. The SMILES string of the molecule is CN1C(=O)OCC1Cc1ccccc1.O=CC(c1cccc(OC(F)(F)F)c1)C1(O)CCCCC1. The first-order valence-electron chi connectivity index (χ1n) is 11.6. The second-order valence-corrected chi connectivity index (χ2v) is 8.93. The highest BCUT2D eigenvalue weighted by atomic mass is 19.4. The summed E-state index contributed by atoms with van der Waals surface area (Å²) in [5.74, 6) is -1.22. The average molecular weight is 494 g/mol. The van der Waals surface area contributed by atoms with Crippen LogP contribution in [-0.2, 0) is 16.0 Å². The van der Waals surface area contributed by atoms with E-state index >= 15 is 0 Å². The van der Waals surface area contributed by atoms with Crippen LogP contribution in [0.4, 0.5) is 18.0 Å². The maximum atomic E-state index is 12.2. The van der Waals surface area contributed by atoms with Gasteiger partial charge in [0.2, 0.25) is 0 Å². The van der Waals surface area contributed by atoms with Gasteiger partial charge in [-0.1, -0.05) is 61.7 Å². The monoisotopic (exact) mass is 493 g/mol. The third-order valence-corrected chi connectivity index (χ3v) is 6.43. The van der Waals surface area contributed by atoms with E-state index in [9.17, 15) is 27.9 Å². The van der Waals surface area contributed by atoms with Crippen molar-refractivity contribution in [2.45, 2.75) is 62.4 Å². The predicted molar refractivity (Wildman–Crippen MR) is 123 cm³/mol. The largest absolute Gasteiger partial charge is 0.573 e. The lowest BCUT2D eigenvalue weighted by atomic mass is 9.73. The van der Waals surface area contributed by atoms with Gasteiger partial charge in [-0.3, -0.25) is 0 Å². The van der Waals surface area contributed by atoms with Gasteiger partial charge in [0.15, 0.2) is 0 Å². The standard InChI is InChI=1S/C15H17F3O3.C11H13NO2/c16-15(17,18)21-12-6-4-5-11(9-12)13(10-19)14(20)7-2-1-3-8-14;1-12-10(8-14-11(12)13)7-9-5-3-2-4-6-9/h4-6,9-10,13,20H,1-3,7-8H2;2-6,10H,7-8H2,1H3. The highest BCUT2D eigenvalue weighted by Gasteiger charge is 2.39. The summed E-state index contributed by atoms with van der Waals surface area (Å²) in [7, 11) is 1.78. The molecule has 0 aromatic heterocycles. The molecule has 6 nitrogen and oxygen atoms in total. The molecule has 2 unspecified atom stereocenters. The number of hydrogen-bond acceptors (Lipinski definition) is 5. The van der Waals surface area contributed by atoms with Gasteiger partial charge < -0.3 is 24.3 Å². The fourth-order valence-corrected chi connectivity index (χ4v) is 4.51. The van der Waals surface area contributed by atoms with Gasteiger partial charge in [0.1, 0.15) is 18.6 Å². The van der Waals surface area contributed by atoms with Gasteiger partial charge in [0, 0.05) is 7.05 Å². The summed E-state index contributed by atoms with van der Waals surface area (Å²) in [6, 6.07) is 15.6. The quantitative estimate of drug-likeness (QED) is 0.557. The summed E-state index contributed by atoms with van der Waals surface area (Å²) in [4.78, 5) is 24.1. The van der Waals surface area contributed by atoms with E-state index in [0.29, 0.717) is 31.3 Å².